The molecule has 2 aromatic rings. The van der Waals surface area contributed by atoms with E-state index in [0.29, 0.717) is 11.0 Å². The average Bonchev–Trinajstić information content (AvgIpc) is 3.03. The molecule has 0 atom stereocenters. The number of hydrogen-bond donors (Lipinski definition) is 0. The molecular weight excluding hydrogens is 394 g/mol. The fourth-order valence-electron chi connectivity index (χ4n) is 2.66. The first-order valence-electron chi connectivity index (χ1n) is 8.83. The van der Waals surface area contributed by atoms with Gasteiger partial charge in [-0.15, -0.1) is 0 Å². The molecule has 0 unspecified atom stereocenters. The van der Waals surface area contributed by atoms with Gasteiger partial charge >= 0.3 is 15.2 Å². The molecule has 2 rings (SSSR count). The van der Waals surface area contributed by atoms with Crippen LogP contribution >= 0.6 is 15.2 Å². The lowest BCUT2D eigenvalue weighted by Crippen LogP contribution is -2.23. The summed E-state index contributed by atoms with van der Waals surface area (Å²) in [5.41, 5.74) is 1.25. The van der Waals surface area contributed by atoms with Crippen molar-refractivity contribution in [2.24, 2.45) is 0 Å². The van der Waals surface area contributed by atoms with E-state index >= 15 is 0 Å². The zero-order chi connectivity index (χ0) is 19.9. The van der Waals surface area contributed by atoms with Crippen molar-refractivity contribution >= 4 is 26.2 Å². The van der Waals surface area contributed by atoms with Crippen LogP contribution in [0, 0.1) is 0 Å². The van der Waals surface area contributed by atoms with E-state index in [9.17, 15) is 9.13 Å². The number of hydrogen-bond acceptors (Lipinski definition) is 9. The van der Waals surface area contributed by atoms with Gasteiger partial charge in [0.2, 0.25) is 0 Å². The Morgan fingerprint density at radius 2 is 1.37 bits per heavy atom. The maximum Gasteiger partial charge on any atom is 0.347 e. The van der Waals surface area contributed by atoms with Gasteiger partial charge in [0.1, 0.15) is 5.52 Å². The fourth-order valence-corrected chi connectivity index (χ4v) is 7.87. The summed E-state index contributed by atoms with van der Waals surface area (Å²) in [6.07, 6.45) is 4.57. The molecule has 0 saturated heterocycles. The summed E-state index contributed by atoms with van der Waals surface area (Å²) in [6.45, 7) is 7.27. The summed E-state index contributed by atoms with van der Waals surface area (Å²) in [5, 5.41) is 6.48. The van der Waals surface area contributed by atoms with Gasteiger partial charge in [0.25, 0.3) is 0 Å². The number of aromatic nitrogens is 4. The maximum atomic E-state index is 13.5. The Morgan fingerprint density at radius 3 is 1.85 bits per heavy atom. The van der Waals surface area contributed by atoms with Gasteiger partial charge in [-0.05, 0) is 27.7 Å². The first-order valence-corrected chi connectivity index (χ1v) is 12.1. The van der Waals surface area contributed by atoms with E-state index in [-0.39, 0.29) is 33.0 Å². The normalized spacial score (nSPS) is 12.9. The van der Waals surface area contributed by atoms with Crippen LogP contribution in [0.15, 0.2) is 18.7 Å². The SMILES string of the molecule is CCOP(=O)(OCC)C(Cn1cnc2cnncc21)P(=O)(OCC)OCC. The van der Waals surface area contributed by atoms with E-state index in [1.807, 2.05) is 0 Å². The minimum Gasteiger partial charge on any atom is -0.328 e. The first kappa shape index (κ1) is 22.1. The van der Waals surface area contributed by atoms with Crippen molar-refractivity contribution in [2.75, 3.05) is 26.4 Å². The van der Waals surface area contributed by atoms with Gasteiger partial charge in [-0.3, -0.25) is 9.13 Å². The van der Waals surface area contributed by atoms with Crippen molar-refractivity contribution in [1.82, 2.24) is 19.7 Å². The molecule has 2 aromatic heterocycles. The molecule has 0 spiro atoms. The number of rotatable bonds is 12. The van der Waals surface area contributed by atoms with Crippen LogP contribution in [-0.2, 0) is 33.8 Å². The van der Waals surface area contributed by atoms with Crippen molar-refractivity contribution in [2.45, 2.75) is 39.6 Å². The molecule has 0 fully saturated rings. The molecule has 0 radical (unpaired) electrons. The Hall–Kier alpha value is -1.15. The summed E-state index contributed by atoms with van der Waals surface area (Å²) in [7, 11) is -7.65. The number of imidazole rings is 1. The standard InChI is InChI=1S/C15H26N4O6P2/c1-5-22-26(20,23-6-2)15(27(21,24-7-3)25-8-4)11-19-12-16-13-9-17-18-10-14(13)19/h9-10,12,15H,5-8,11H2,1-4H3. The van der Waals surface area contributed by atoms with Crippen LogP contribution in [0.4, 0.5) is 0 Å². The van der Waals surface area contributed by atoms with Crippen molar-refractivity contribution in [3.63, 3.8) is 0 Å². The molecule has 27 heavy (non-hydrogen) atoms. The van der Waals surface area contributed by atoms with E-state index in [1.165, 1.54) is 18.7 Å². The van der Waals surface area contributed by atoms with Gasteiger partial charge in [-0.1, -0.05) is 0 Å². The molecule has 12 heteroatoms. The Balaban J connectivity index is 2.54. The monoisotopic (exact) mass is 420 g/mol. The second-order valence-electron chi connectivity index (χ2n) is 5.39. The van der Waals surface area contributed by atoms with Crippen molar-refractivity contribution in [3.05, 3.63) is 18.7 Å². The average molecular weight is 420 g/mol. The predicted molar refractivity (Wildman–Crippen MR) is 101 cm³/mol. The molecule has 0 saturated carbocycles. The highest BCUT2D eigenvalue weighted by molar-refractivity contribution is 7.72. The smallest absolute Gasteiger partial charge is 0.328 e. The van der Waals surface area contributed by atoms with E-state index < -0.39 is 20.6 Å². The summed E-state index contributed by atoms with van der Waals surface area (Å²) in [5.74, 6) is 0. The molecule has 0 bridgehead atoms. The third-order valence-electron chi connectivity index (χ3n) is 3.66. The van der Waals surface area contributed by atoms with Crippen LogP contribution in [-0.4, -0.2) is 51.6 Å². The van der Waals surface area contributed by atoms with Gasteiger partial charge in [0.15, 0.2) is 5.40 Å². The van der Waals surface area contributed by atoms with Gasteiger partial charge in [-0.2, -0.15) is 10.2 Å². The van der Waals surface area contributed by atoms with Crippen molar-refractivity contribution in [1.29, 1.82) is 0 Å². The molecule has 0 N–H and O–H groups in total. The largest absolute Gasteiger partial charge is 0.347 e. The van der Waals surface area contributed by atoms with Crippen LogP contribution in [0.3, 0.4) is 0 Å². The zero-order valence-corrected chi connectivity index (χ0v) is 17.8. The molecule has 0 amide bonds. The molecule has 0 aliphatic rings. The minimum atomic E-state index is -3.83. The molecular formula is C15H26N4O6P2. The lowest BCUT2D eigenvalue weighted by atomic mass is 10.5. The molecule has 0 aliphatic carbocycles. The maximum absolute atomic E-state index is 13.5. The third-order valence-corrected chi connectivity index (χ3v) is 9.62. The van der Waals surface area contributed by atoms with Crippen LogP contribution in [0.5, 0.6) is 0 Å². The molecule has 2 heterocycles. The third kappa shape index (κ3) is 5.02. The second-order valence-corrected chi connectivity index (χ2v) is 10.2. The van der Waals surface area contributed by atoms with Crippen LogP contribution in [0.25, 0.3) is 11.0 Å². The van der Waals surface area contributed by atoms with Crippen LogP contribution in [0.1, 0.15) is 27.7 Å². The fraction of sp³-hybridized carbons (Fsp3) is 0.667. The van der Waals surface area contributed by atoms with Gasteiger partial charge in [-0.25, -0.2) is 4.98 Å². The second kappa shape index (κ2) is 9.87. The van der Waals surface area contributed by atoms with Crippen molar-refractivity contribution < 1.29 is 27.2 Å². The van der Waals surface area contributed by atoms with Gasteiger partial charge < -0.3 is 22.7 Å². The van der Waals surface area contributed by atoms with Gasteiger partial charge in [0, 0.05) is 6.54 Å². The lowest BCUT2D eigenvalue weighted by molar-refractivity contribution is 0.192. The van der Waals surface area contributed by atoms with Crippen LogP contribution < -0.4 is 0 Å². The summed E-state index contributed by atoms with van der Waals surface area (Å²) >= 11 is 0. The lowest BCUT2D eigenvalue weighted by Gasteiger charge is -2.31. The topological polar surface area (TPSA) is 115 Å². The number of fused-ring (bicyclic) bond motifs is 1. The molecule has 0 aliphatic heterocycles. The van der Waals surface area contributed by atoms with Crippen LogP contribution in [0.2, 0.25) is 0 Å². The highest BCUT2D eigenvalue weighted by atomic mass is 31.2. The summed E-state index contributed by atoms with van der Waals surface area (Å²) in [4.78, 5) is 4.24. The van der Waals surface area contributed by atoms with E-state index in [2.05, 4.69) is 15.2 Å². The quantitative estimate of drug-likeness (QED) is 0.474. The molecule has 10 nitrogen and oxygen atoms in total. The Labute approximate surface area is 158 Å². The van der Waals surface area contributed by atoms with E-state index in [4.69, 9.17) is 18.1 Å². The molecule has 0 aromatic carbocycles. The Bertz CT molecular complexity index is 779. The number of nitrogens with zero attached hydrogens (tertiary/aromatic N) is 4. The van der Waals surface area contributed by atoms with E-state index in [1.54, 1.807) is 32.3 Å². The van der Waals surface area contributed by atoms with Crippen molar-refractivity contribution in [3.8, 4) is 0 Å². The summed E-state index contributed by atoms with van der Waals surface area (Å²) < 4.78 is 50.6. The Kier molecular flexibility index (Phi) is 8.09. The zero-order valence-electron chi connectivity index (χ0n) is 16.0. The summed E-state index contributed by atoms with van der Waals surface area (Å²) in [6, 6.07) is 0. The highest BCUT2D eigenvalue weighted by Gasteiger charge is 2.51. The Morgan fingerprint density at radius 1 is 0.889 bits per heavy atom. The minimum absolute atomic E-state index is 0.00323. The van der Waals surface area contributed by atoms with E-state index in [0.717, 1.165) is 0 Å². The highest BCUT2D eigenvalue weighted by Crippen LogP contribution is 2.70. The van der Waals surface area contributed by atoms with Gasteiger partial charge in [0.05, 0.1) is 50.7 Å². The predicted octanol–water partition coefficient (Wildman–Crippen LogP) is 3.68. The first-order chi connectivity index (χ1) is 12.9. The molecule has 152 valence electrons.